The lowest BCUT2D eigenvalue weighted by Crippen LogP contribution is -2.09. The summed E-state index contributed by atoms with van der Waals surface area (Å²) in [7, 11) is 0. The average Bonchev–Trinajstić information content (AvgIpc) is 1.97. The molecule has 0 spiro atoms. The van der Waals surface area contributed by atoms with Crippen LogP contribution in [0.5, 0.6) is 0 Å². The average molecular weight is 188 g/mol. The van der Waals surface area contributed by atoms with Gasteiger partial charge in [0.15, 0.2) is 0 Å². The molecule has 1 unspecified atom stereocenters. The zero-order valence-electron chi connectivity index (χ0n) is 7.07. The van der Waals surface area contributed by atoms with Crippen LogP contribution in [0.25, 0.3) is 0 Å². The smallest absolute Gasteiger partial charge is 0.146 e. The molecule has 3 heteroatoms. The van der Waals surface area contributed by atoms with Crippen molar-refractivity contribution in [3.05, 3.63) is 34.1 Å². The summed E-state index contributed by atoms with van der Waals surface area (Å²) >= 11 is 5.60. The fourth-order valence-corrected chi connectivity index (χ4v) is 1.39. The molecule has 0 radical (unpaired) electrons. The van der Waals surface area contributed by atoms with Gasteiger partial charge >= 0.3 is 0 Å². The lowest BCUT2D eigenvalue weighted by molar-refractivity contribution is 0.591. The van der Waals surface area contributed by atoms with Gasteiger partial charge in [-0.3, -0.25) is 0 Å². The predicted octanol–water partition coefficient (Wildman–Crippen LogP) is 2.81. The van der Waals surface area contributed by atoms with Gasteiger partial charge in [-0.2, -0.15) is 0 Å². The number of halogens is 2. The van der Waals surface area contributed by atoms with Gasteiger partial charge in [0.1, 0.15) is 5.82 Å². The van der Waals surface area contributed by atoms with E-state index in [4.69, 9.17) is 17.3 Å². The molecule has 0 aromatic heterocycles. The van der Waals surface area contributed by atoms with Crippen LogP contribution in [-0.4, -0.2) is 0 Å². The Kier molecular flexibility index (Phi) is 2.70. The second-order valence-electron chi connectivity index (χ2n) is 2.88. The van der Waals surface area contributed by atoms with Crippen molar-refractivity contribution < 1.29 is 4.39 Å². The molecule has 1 aromatic rings. The van der Waals surface area contributed by atoms with Crippen molar-refractivity contribution in [2.75, 3.05) is 0 Å². The van der Waals surface area contributed by atoms with Gasteiger partial charge in [0.25, 0.3) is 0 Å². The van der Waals surface area contributed by atoms with Crippen molar-refractivity contribution in [2.24, 2.45) is 5.73 Å². The molecular formula is C9H11ClFN. The topological polar surface area (TPSA) is 26.0 Å². The van der Waals surface area contributed by atoms with Crippen LogP contribution in [-0.2, 0) is 0 Å². The van der Waals surface area contributed by atoms with E-state index in [1.165, 1.54) is 6.07 Å². The van der Waals surface area contributed by atoms with E-state index >= 15 is 0 Å². The van der Waals surface area contributed by atoms with Gasteiger partial charge in [0.05, 0.1) is 5.02 Å². The van der Waals surface area contributed by atoms with Crippen molar-refractivity contribution in [1.29, 1.82) is 0 Å². The molecule has 0 aliphatic heterocycles. The minimum absolute atomic E-state index is 0.132. The molecule has 1 rings (SSSR count). The van der Waals surface area contributed by atoms with E-state index in [0.717, 1.165) is 5.56 Å². The first kappa shape index (κ1) is 9.49. The first-order valence-corrected chi connectivity index (χ1v) is 4.12. The van der Waals surface area contributed by atoms with Gasteiger partial charge in [-0.25, -0.2) is 4.39 Å². The molecule has 0 saturated carbocycles. The molecule has 0 bridgehead atoms. The summed E-state index contributed by atoms with van der Waals surface area (Å²) in [6, 6.07) is 2.99. The lowest BCUT2D eigenvalue weighted by atomic mass is 10.0. The molecule has 66 valence electrons. The molecule has 0 heterocycles. The number of aryl methyl sites for hydroxylation is 1. The molecular weight excluding hydrogens is 177 g/mol. The van der Waals surface area contributed by atoms with E-state index in [-0.39, 0.29) is 11.1 Å². The van der Waals surface area contributed by atoms with E-state index in [9.17, 15) is 4.39 Å². The van der Waals surface area contributed by atoms with Crippen LogP contribution < -0.4 is 5.73 Å². The largest absolute Gasteiger partial charge is 0.324 e. The van der Waals surface area contributed by atoms with Crippen LogP contribution in [0.3, 0.4) is 0 Å². The minimum atomic E-state index is -0.397. The summed E-state index contributed by atoms with van der Waals surface area (Å²) < 4.78 is 13.3. The Balaban J connectivity index is 3.33. The standard InChI is InChI=1S/C9H11ClFN/c1-5-3-4-7(10)9(11)8(5)6(2)12/h3-4,6H,12H2,1-2H3. The maximum atomic E-state index is 13.3. The molecule has 1 aromatic carbocycles. The molecule has 1 nitrogen and oxygen atoms in total. The third-order valence-electron chi connectivity index (χ3n) is 1.81. The van der Waals surface area contributed by atoms with Gasteiger partial charge in [-0.05, 0) is 25.5 Å². The minimum Gasteiger partial charge on any atom is -0.324 e. The SMILES string of the molecule is Cc1ccc(Cl)c(F)c1C(C)N. The quantitative estimate of drug-likeness (QED) is 0.719. The molecule has 12 heavy (non-hydrogen) atoms. The third kappa shape index (κ3) is 1.59. The summed E-state index contributed by atoms with van der Waals surface area (Å²) in [6.07, 6.45) is 0. The fraction of sp³-hybridized carbons (Fsp3) is 0.333. The van der Waals surface area contributed by atoms with E-state index < -0.39 is 5.82 Å². The highest BCUT2D eigenvalue weighted by Crippen LogP contribution is 2.25. The van der Waals surface area contributed by atoms with Crippen molar-refractivity contribution >= 4 is 11.6 Å². The van der Waals surface area contributed by atoms with Crippen LogP contribution in [0.1, 0.15) is 24.1 Å². The van der Waals surface area contributed by atoms with Crippen LogP contribution in [0.4, 0.5) is 4.39 Å². The van der Waals surface area contributed by atoms with Crippen molar-refractivity contribution in [3.63, 3.8) is 0 Å². The summed E-state index contributed by atoms with van der Waals surface area (Å²) in [5.41, 5.74) is 6.93. The number of nitrogens with two attached hydrogens (primary N) is 1. The van der Waals surface area contributed by atoms with Crippen molar-refractivity contribution in [1.82, 2.24) is 0 Å². The highest BCUT2D eigenvalue weighted by atomic mass is 35.5. The summed E-state index contributed by atoms with van der Waals surface area (Å²) in [4.78, 5) is 0. The number of benzene rings is 1. The molecule has 2 N–H and O–H groups in total. The van der Waals surface area contributed by atoms with Gasteiger partial charge in [-0.1, -0.05) is 17.7 Å². The Labute approximate surface area is 76.3 Å². The number of rotatable bonds is 1. The Morgan fingerprint density at radius 1 is 1.50 bits per heavy atom. The van der Waals surface area contributed by atoms with Crippen molar-refractivity contribution in [3.8, 4) is 0 Å². The first-order valence-electron chi connectivity index (χ1n) is 3.74. The summed E-state index contributed by atoms with van der Waals surface area (Å²) in [5.74, 6) is -0.397. The third-order valence-corrected chi connectivity index (χ3v) is 2.10. The van der Waals surface area contributed by atoms with Crippen LogP contribution in [0.15, 0.2) is 12.1 Å². The van der Waals surface area contributed by atoms with E-state index in [1.807, 2.05) is 6.92 Å². The molecule has 1 atom stereocenters. The molecule has 0 saturated heterocycles. The number of hydrogen-bond donors (Lipinski definition) is 1. The van der Waals surface area contributed by atoms with E-state index in [2.05, 4.69) is 0 Å². The van der Waals surface area contributed by atoms with Gasteiger partial charge in [0.2, 0.25) is 0 Å². The number of hydrogen-bond acceptors (Lipinski definition) is 1. The summed E-state index contributed by atoms with van der Waals surface area (Å²) in [6.45, 7) is 3.56. The zero-order chi connectivity index (χ0) is 9.30. The first-order chi connectivity index (χ1) is 5.54. The van der Waals surface area contributed by atoms with Crippen molar-refractivity contribution in [2.45, 2.75) is 19.9 Å². The Bertz CT molecular complexity index is 297. The van der Waals surface area contributed by atoms with Crippen LogP contribution in [0, 0.1) is 12.7 Å². The predicted molar refractivity (Wildman–Crippen MR) is 48.7 cm³/mol. The van der Waals surface area contributed by atoms with Gasteiger partial charge in [-0.15, -0.1) is 0 Å². The second-order valence-corrected chi connectivity index (χ2v) is 3.29. The monoisotopic (exact) mass is 187 g/mol. The Hall–Kier alpha value is -0.600. The fourth-order valence-electron chi connectivity index (χ4n) is 1.22. The van der Waals surface area contributed by atoms with E-state index in [0.29, 0.717) is 5.56 Å². The van der Waals surface area contributed by atoms with Gasteiger partial charge in [0, 0.05) is 11.6 Å². The maximum Gasteiger partial charge on any atom is 0.146 e. The highest BCUT2D eigenvalue weighted by molar-refractivity contribution is 6.30. The summed E-state index contributed by atoms with van der Waals surface area (Å²) in [5, 5.41) is 0.132. The molecule has 0 aliphatic rings. The van der Waals surface area contributed by atoms with Crippen LogP contribution in [0.2, 0.25) is 5.02 Å². The molecule has 0 aliphatic carbocycles. The normalized spacial score (nSPS) is 13.1. The maximum absolute atomic E-state index is 13.3. The van der Waals surface area contributed by atoms with E-state index in [1.54, 1.807) is 13.0 Å². The van der Waals surface area contributed by atoms with Crippen LogP contribution >= 0.6 is 11.6 Å². The Morgan fingerprint density at radius 2 is 2.08 bits per heavy atom. The zero-order valence-corrected chi connectivity index (χ0v) is 7.82. The lowest BCUT2D eigenvalue weighted by Gasteiger charge is -2.11. The second kappa shape index (κ2) is 3.42. The van der Waals surface area contributed by atoms with Gasteiger partial charge < -0.3 is 5.73 Å². The molecule has 0 fully saturated rings. The highest BCUT2D eigenvalue weighted by Gasteiger charge is 2.12. The Morgan fingerprint density at radius 3 is 2.50 bits per heavy atom. The molecule has 0 amide bonds.